The predicted molar refractivity (Wildman–Crippen MR) is 213 cm³/mol. The smallest absolute Gasteiger partial charge is 0.264 e. The summed E-state index contributed by atoms with van der Waals surface area (Å²) in [6.45, 7) is 10.2. The molecule has 1 amide bonds. The number of benzene rings is 2. The van der Waals surface area contributed by atoms with Gasteiger partial charge in [0.15, 0.2) is 12.1 Å². The van der Waals surface area contributed by atoms with Crippen molar-refractivity contribution in [3.63, 3.8) is 0 Å². The Kier molecular flexibility index (Phi) is 12.2. The van der Waals surface area contributed by atoms with E-state index in [1.807, 2.05) is 25.1 Å². The predicted octanol–water partition coefficient (Wildman–Crippen LogP) is 4.94. The first kappa shape index (κ1) is 40.4. The molecule has 1 aromatic heterocycles. The average Bonchev–Trinajstić information content (AvgIpc) is 3.65. The molecule has 1 saturated heterocycles. The van der Waals surface area contributed by atoms with Crippen molar-refractivity contribution in [1.82, 2.24) is 25.1 Å². The van der Waals surface area contributed by atoms with E-state index in [9.17, 15) is 18.0 Å². The van der Waals surface area contributed by atoms with Crippen LogP contribution in [0.4, 0.5) is 5.69 Å². The quantitative estimate of drug-likeness (QED) is 0.271. The van der Waals surface area contributed by atoms with E-state index >= 15 is 0 Å². The molecular weight excluding hydrogens is 756 g/mol. The van der Waals surface area contributed by atoms with Crippen LogP contribution in [0, 0.1) is 17.8 Å². The highest BCUT2D eigenvalue weighted by Gasteiger charge is 2.49. The van der Waals surface area contributed by atoms with Crippen LogP contribution in [-0.2, 0) is 37.9 Å². The van der Waals surface area contributed by atoms with Crippen molar-refractivity contribution in [2.45, 2.75) is 75.2 Å². The van der Waals surface area contributed by atoms with Gasteiger partial charge in [-0.05, 0) is 105 Å². The number of hydrogen-bond acceptors (Lipinski definition) is 12. The van der Waals surface area contributed by atoms with Crippen molar-refractivity contribution in [3.05, 3.63) is 82.5 Å². The van der Waals surface area contributed by atoms with E-state index in [1.165, 1.54) is 17.5 Å². The Balaban J connectivity index is 0.000000339. The summed E-state index contributed by atoms with van der Waals surface area (Å²) in [5, 5.41) is 6.93. The lowest BCUT2D eigenvalue weighted by atomic mass is 9.64. The number of nitrogens with one attached hydrogen (secondary N) is 2. The molecule has 2 aromatic carbocycles. The number of aryl methyl sites for hydroxylation is 1. The number of aromatic nitrogens is 2. The van der Waals surface area contributed by atoms with Crippen molar-refractivity contribution in [2.24, 2.45) is 17.8 Å². The number of piperazine rings is 1. The molecule has 3 aromatic rings. The molecule has 2 N–H and O–H groups in total. The lowest BCUT2D eigenvalue weighted by molar-refractivity contribution is -0.135. The number of ether oxygens (including phenoxy) is 2. The number of allylic oxidation sites excluding steroid dienone is 1. The number of anilines is 1. The zero-order valence-electron chi connectivity index (χ0n) is 32.4. The minimum absolute atomic E-state index is 0.0434. The maximum atomic E-state index is 13.4. The number of rotatable bonds is 4. The van der Waals surface area contributed by atoms with Crippen LogP contribution in [0.5, 0.6) is 5.75 Å². The number of sulfonamides is 1. The second-order valence-electron chi connectivity index (χ2n) is 16.1. The zero-order chi connectivity index (χ0) is 39.5. The third-order valence-corrected chi connectivity index (χ3v) is 14.8. The molecule has 8 rings (SSSR count). The number of methoxy groups -OCH3 is 1. The first-order chi connectivity index (χ1) is 27.0. The Morgan fingerprint density at radius 2 is 1.95 bits per heavy atom. The Morgan fingerprint density at radius 1 is 1.12 bits per heavy atom. The van der Waals surface area contributed by atoms with Crippen molar-refractivity contribution in [3.8, 4) is 5.75 Å². The summed E-state index contributed by atoms with van der Waals surface area (Å²) >= 11 is 6.40. The molecule has 15 heteroatoms. The number of carbonyl (C=O) groups is 2. The number of aldehydes is 1. The van der Waals surface area contributed by atoms with Crippen molar-refractivity contribution in [1.29, 1.82) is 0 Å². The number of halogens is 1. The van der Waals surface area contributed by atoms with Gasteiger partial charge in [0.25, 0.3) is 5.91 Å². The molecule has 2 bridgehead atoms. The molecule has 2 fully saturated rings. The number of fused-ring (bicyclic) bond motifs is 4. The molecule has 1 saturated carbocycles. The standard InChI is InChI=1S/C34H41ClN2O6S.C7H12N4O/c1-22-6-4-15-34(20-38,42-3)29-11-8-26(29)18-37-19-33(14-5-7-24-16-27(35)10-12-28(24)33)21-43-31-13-9-25(17-30(31)37)32(39)36-44(40,41)23(22)2;1-3-11(4-2-8-1)5-7-9-6-12-10-7/h4,9-10,12-13,15-17,20,22-23,26,29H,5-8,11,14,18-19,21H2,1-3H3,(H,36,39);6,8H,1-5H2/b15-4+;/t22-,23+,26-,29+,33-,34+;/m0./s1. The maximum Gasteiger partial charge on any atom is 0.264 e. The molecule has 4 heterocycles. The highest BCUT2D eigenvalue weighted by Crippen LogP contribution is 2.48. The first-order valence-electron chi connectivity index (χ1n) is 19.7. The molecule has 3 aliphatic heterocycles. The van der Waals surface area contributed by atoms with Gasteiger partial charge < -0.3 is 24.2 Å². The van der Waals surface area contributed by atoms with Gasteiger partial charge in [0.05, 0.1) is 24.1 Å². The SMILES string of the molecule is CO[C@@]1(C=O)/C=C/C[C@H](C)[C@@H](C)S(=O)(=O)NC(=O)c2ccc3c(c2)N(C[C@@H]2CC[C@H]21)C[C@@]1(CCCc2cc(Cl)ccc21)CO3.c1nc(CN2CCNCC2)no1. The van der Waals surface area contributed by atoms with E-state index in [4.69, 9.17) is 21.1 Å². The molecule has 56 heavy (non-hydrogen) atoms. The number of nitrogens with zero attached hydrogens (tertiary/aromatic N) is 4. The molecule has 0 radical (unpaired) electrons. The Labute approximate surface area is 334 Å². The molecular formula is C41H53ClN6O7S. The summed E-state index contributed by atoms with van der Waals surface area (Å²) in [5.41, 5.74) is 2.05. The van der Waals surface area contributed by atoms with Gasteiger partial charge in [-0.15, -0.1) is 0 Å². The van der Waals surface area contributed by atoms with E-state index < -0.39 is 26.8 Å². The fraction of sp³-hybridized carbons (Fsp3) is 0.561. The van der Waals surface area contributed by atoms with Gasteiger partial charge in [-0.25, -0.2) is 13.1 Å². The van der Waals surface area contributed by atoms with Crippen LogP contribution in [0.2, 0.25) is 5.02 Å². The normalized spacial score (nSPS) is 30.9. The Morgan fingerprint density at radius 3 is 2.66 bits per heavy atom. The van der Waals surface area contributed by atoms with Gasteiger partial charge in [0.1, 0.15) is 11.4 Å². The Hall–Kier alpha value is -3.82. The Bertz CT molecular complexity index is 2010. The largest absolute Gasteiger partial charge is 0.490 e. The second-order valence-corrected chi connectivity index (χ2v) is 18.6. The van der Waals surface area contributed by atoms with Crippen LogP contribution >= 0.6 is 11.6 Å². The monoisotopic (exact) mass is 808 g/mol. The van der Waals surface area contributed by atoms with E-state index in [1.54, 1.807) is 32.2 Å². The number of hydrogen-bond donors (Lipinski definition) is 2. The van der Waals surface area contributed by atoms with Gasteiger partial charge in [0, 0.05) is 68.3 Å². The summed E-state index contributed by atoms with van der Waals surface area (Å²) in [4.78, 5) is 34.7. The van der Waals surface area contributed by atoms with Gasteiger partial charge in [-0.2, -0.15) is 4.98 Å². The van der Waals surface area contributed by atoms with Gasteiger partial charge >= 0.3 is 0 Å². The zero-order valence-corrected chi connectivity index (χ0v) is 34.0. The molecule has 302 valence electrons. The van der Waals surface area contributed by atoms with Gasteiger partial charge in [-0.3, -0.25) is 14.5 Å². The minimum Gasteiger partial charge on any atom is -0.490 e. The first-order valence-corrected chi connectivity index (χ1v) is 21.6. The van der Waals surface area contributed by atoms with Crippen LogP contribution in [0.15, 0.2) is 59.5 Å². The summed E-state index contributed by atoms with van der Waals surface area (Å²) in [7, 11) is -2.41. The molecule has 13 nitrogen and oxygen atoms in total. The average molecular weight is 809 g/mol. The van der Waals surface area contributed by atoms with Crippen LogP contribution < -0.4 is 19.7 Å². The van der Waals surface area contributed by atoms with E-state index in [0.717, 1.165) is 82.6 Å². The topological polar surface area (TPSA) is 156 Å². The van der Waals surface area contributed by atoms with E-state index in [2.05, 4.69) is 46.6 Å². The summed E-state index contributed by atoms with van der Waals surface area (Å²) < 4.78 is 46.0. The molecule has 1 spiro atoms. The van der Waals surface area contributed by atoms with Crippen LogP contribution in [0.3, 0.4) is 0 Å². The molecule has 2 aliphatic carbocycles. The number of carbonyl (C=O) groups excluding carboxylic acids is 2. The van der Waals surface area contributed by atoms with Crippen molar-refractivity contribution < 1.29 is 32.0 Å². The fourth-order valence-electron chi connectivity index (χ4n) is 9.01. The second kappa shape index (κ2) is 17.0. The highest BCUT2D eigenvalue weighted by molar-refractivity contribution is 7.90. The van der Waals surface area contributed by atoms with Gasteiger partial charge in [0.2, 0.25) is 16.4 Å². The molecule has 0 unspecified atom stereocenters. The van der Waals surface area contributed by atoms with Crippen molar-refractivity contribution in [2.75, 3.05) is 57.9 Å². The summed E-state index contributed by atoms with van der Waals surface area (Å²) in [6.07, 6.45) is 11.0. The lowest BCUT2D eigenvalue weighted by Gasteiger charge is -2.48. The third kappa shape index (κ3) is 8.40. The molecule has 5 aliphatic rings. The maximum absolute atomic E-state index is 13.4. The highest BCUT2D eigenvalue weighted by atomic mass is 35.5. The van der Waals surface area contributed by atoms with Crippen LogP contribution in [-0.4, -0.2) is 99.5 Å². The van der Waals surface area contributed by atoms with E-state index in [0.29, 0.717) is 36.9 Å². The lowest BCUT2D eigenvalue weighted by Crippen LogP contribution is -2.53. The summed E-state index contributed by atoms with van der Waals surface area (Å²) in [6, 6.07) is 11.3. The van der Waals surface area contributed by atoms with Crippen molar-refractivity contribution >= 4 is 39.5 Å². The minimum atomic E-state index is -3.97. The summed E-state index contributed by atoms with van der Waals surface area (Å²) in [5.74, 6) is 0.572. The van der Waals surface area contributed by atoms with Gasteiger partial charge in [-0.1, -0.05) is 35.8 Å². The number of amides is 1. The van der Waals surface area contributed by atoms with E-state index in [-0.39, 0.29) is 28.7 Å². The third-order valence-electron chi connectivity index (χ3n) is 12.7. The fourth-order valence-corrected chi connectivity index (χ4v) is 10.5. The molecule has 6 atom stereocenters. The van der Waals surface area contributed by atoms with Crippen LogP contribution in [0.25, 0.3) is 0 Å². The van der Waals surface area contributed by atoms with Crippen LogP contribution in [0.1, 0.15) is 73.3 Å².